The van der Waals surface area contributed by atoms with Crippen molar-refractivity contribution in [3.05, 3.63) is 43.3 Å². The molecule has 0 N–H and O–H groups in total. The van der Waals surface area contributed by atoms with Gasteiger partial charge in [-0.15, -0.1) is 0 Å². The third kappa shape index (κ3) is 2.36. The van der Waals surface area contributed by atoms with E-state index in [1.807, 2.05) is 0 Å². The molecule has 0 aliphatic carbocycles. The minimum absolute atomic E-state index is 0.902. The van der Waals surface area contributed by atoms with Crippen LogP contribution in [0, 0.1) is 0 Å². The first-order valence-electron chi connectivity index (χ1n) is 6.42. The van der Waals surface area contributed by atoms with E-state index in [-0.39, 0.29) is 0 Å². The lowest BCUT2D eigenvalue weighted by Crippen LogP contribution is -2.32. The van der Waals surface area contributed by atoms with Crippen LogP contribution in [0.15, 0.2) is 43.3 Å². The minimum atomic E-state index is 0.902. The van der Waals surface area contributed by atoms with Gasteiger partial charge in [-0.2, -0.15) is 0 Å². The molecule has 0 spiro atoms. The summed E-state index contributed by atoms with van der Waals surface area (Å²) >= 11 is 0. The number of aryl methyl sites for hydroxylation is 1. The summed E-state index contributed by atoms with van der Waals surface area (Å²) in [6.45, 7) is 1.80. The van der Waals surface area contributed by atoms with E-state index in [0.29, 0.717) is 0 Å². The van der Waals surface area contributed by atoms with E-state index in [0.717, 1.165) is 13.3 Å². The molecule has 100 valence electrons. The number of aromatic nitrogens is 1. The Morgan fingerprint density at radius 2 is 1.32 bits per heavy atom. The van der Waals surface area contributed by atoms with Crippen LogP contribution in [0.3, 0.4) is 0 Å². The second-order valence-electron chi connectivity index (χ2n) is 5.25. The van der Waals surface area contributed by atoms with Crippen LogP contribution in [0.2, 0.25) is 0 Å². The van der Waals surface area contributed by atoms with Crippen LogP contribution in [0.25, 0.3) is 0 Å². The van der Waals surface area contributed by atoms with Gasteiger partial charge < -0.3 is 19.6 Å². The number of nitrogens with zero attached hydrogens (tertiary/aromatic N) is 5. The Balaban J connectivity index is 1.88. The van der Waals surface area contributed by atoms with Gasteiger partial charge in [-0.05, 0) is 6.07 Å². The van der Waals surface area contributed by atoms with E-state index in [4.69, 9.17) is 0 Å². The summed E-state index contributed by atoms with van der Waals surface area (Å²) < 4.78 is 2.11. The summed E-state index contributed by atoms with van der Waals surface area (Å²) in [5.74, 6) is 0. The second kappa shape index (κ2) is 4.50. The van der Waals surface area contributed by atoms with E-state index in [9.17, 15) is 0 Å². The summed E-state index contributed by atoms with van der Waals surface area (Å²) in [5.41, 5.74) is 2.42. The number of hydrogen-bond acceptors (Lipinski definition) is 4. The molecule has 1 aromatic heterocycles. The lowest BCUT2D eigenvalue weighted by atomic mass is 10.3. The van der Waals surface area contributed by atoms with E-state index in [1.165, 1.54) is 11.4 Å². The van der Waals surface area contributed by atoms with Crippen LogP contribution in [0.5, 0.6) is 0 Å². The lowest BCUT2D eigenvalue weighted by molar-refractivity contribution is -0.670. The monoisotopic (exact) mass is 258 g/mol. The molecule has 0 saturated carbocycles. The number of anilines is 2. The Hall–Kier alpha value is -2.17. The smallest absolute Gasteiger partial charge is 0.192 e. The van der Waals surface area contributed by atoms with Crippen molar-refractivity contribution in [2.24, 2.45) is 7.05 Å². The van der Waals surface area contributed by atoms with Gasteiger partial charge in [-0.1, -0.05) is 0 Å². The Labute approximate surface area is 114 Å². The third-order valence-corrected chi connectivity index (χ3v) is 3.38. The van der Waals surface area contributed by atoms with Gasteiger partial charge in [-0.25, -0.2) is 4.57 Å². The predicted molar refractivity (Wildman–Crippen MR) is 76.1 cm³/mol. The van der Waals surface area contributed by atoms with Crippen molar-refractivity contribution in [2.45, 2.75) is 0 Å². The maximum Gasteiger partial charge on any atom is 0.192 e. The molecule has 19 heavy (non-hydrogen) atoms. The first kappa shape index (κ1) is 11.9. The maximum atomic E-state index is 2.24. The summed E-state index contributed by atoms with van der Waals surface area (Å²) in [6, 6.07) is 2.23. The molecular weight excluding hydrogens is 238 g/mol. The Morgan fingerprint density at radius 1 is 0.842 bits per heavy atom. The fourth-order valence-corrected chi connectivity index (χ4v) is 2.39. The molecule has 0 atom stereocenters. The molecule has 0 radical (unpaired) electrons. The highest BCUT2D eigenvalue weighted by Crippen LogP contribution is 2.24. The van der Waals surface area contributed by atoms with Crippen molar-refractivity contribution in [2.75, 3.05) is 37.2 Å². The van der Waals surface area contributed by atoms with Gasteiger partial charge in [-0.3, -0.25) is 0 Å². The fourth-order valence-electron chi connectivity index (χ4n) is 2.39. The normalized spacial score (nSPS) is 18.1. The molecule has 0 aromatic carbocycles. The lowest BCUT2D eigenvalue weighted by Gasteiger charge is -2.20. The standard InChI is InChI=1S/C14H20N5/c1-15-4-6-18(11-15)13-8-14(10-17(3)9-13)19-7-5-16(2)12-19/h4-10H,11-12H2,1-3H3/q+1. The van der Waals surface area contributed by atoms with Gasteiger partial charge >= 0.3 is 0 Å². The van der Waals surface area contributed by atoms with Gasteiger partial charge in [0.15, 0.2) is 12.4 Å². The molecule has 0 unspecified atom stereocenters. The van der Waals surface area contributed by atoms with Crippen LogP contribution < -0.4 is 14.4 Å². The average Bonchev–Trinajstić information content (AvgIpc) is 2.97. The number of rotatable bonds is 2. The van der Waals surface area contributed by atoms with E-state index >= 15 is 0 Å². The molecule has 0 amide bonds. The summed E-state index contributed by atoms with van der Waals surface area (Å²) in [6.07, 6.45) is 12.7. The number of hydrogen-bond donors (Lipinski definition) is 0. The summed E-state index contributed by atoms with van der Waals surface area (Å²) in [7, 11) is 6.23. The Kier molecular flexibility index (Phi) is 2.81. The molecule has 3 heterocycles. The molecule has 0 bridgehead atoms. The van der Waals surface area contributed by atoms with Gasteiger partial charge in [0.05, 0.1) is 13.3 Å². The molecular formula is C14H20N5+. The summed E-state index contributed by atoms with van der Waals surface area (Å²) in [4.78, 5) is 8.81. The third-order valence-electron chi connectivity index (χ3n) is 3.38. The zero-order valence-corrected chi connectivity index (χ0v) is 11.7. The highest BCUT2D eigenvalue weighted by atomic mass is 15.3. The summed E-state index contributed by atoms with van der Waals surface area (Å²) in [5, 5.41) is 0. The average molecular weight is 258 g/mol. The SMILES string of the molecule is CN1C=CN(c2cc(N3C=CN(C)C3)c[n+](C)c2)C1. The van der Waals surface area contributed by atoms with Crippen molar-refractivity contribution in [1.82, 2.24) is 9.80 Å². The first-order chi connectivity index (χ1) is 9.11. The van der Waals surface area contributed by atoms with Crippen molar-refractivity contribution in [3.63, 3.8) is 0 Å². The van der Waals surface area contributed by atoms with Gasteiger partial charge in [0.2, 0.25) is 0 Å². The zero-order chi connectivity index (χ0) is 13.4. The quantitative estimate of drug-likeness (QED) is 0.732. The molecule has 5 nitrogen and oxygen atoms in total. The highest BCUT2D eigenvalue weighted by molar-refractivity contribution is 5.59. The minimum Gasteiger partial charge on any atom is -0.361 e. The van der Waals surface area contributed by atoms with Crippen LogP contribution >= 0.6 is 0 Å². The molecule has 5 heteroatoms. The fraction of sp³-hybridized carbons (Fsp3) is 0.357. The molecule has 2 aliphatic heterocycles. The first-order valence-corrected chi connectivity index (χ1v) is 6.42. The maximum absolute atomic E-state index is 2.24. The van der Waals surface area contributed by atoms with Gasteiger partial charge in [0.1, 0.15) is 18.4 Å². The van der Waals surface area contributed by atoms with Crippen molar-refractivity contribution in [1.29, 1.82) is 0 Å². The largest absolute Gasteiger partial charge is 0.361 e. The van der Waals surface area contributed by atoms with E-state index < -0.39 is 0 Å². The Bertz CT molecular complexity index is 492. The molecule has 3 rings (SSSR count). The van der Waals surface area contributed by atoms with Crippen LogP contribution in [0.4, 0.5) is 11.4 Å². The van der Waals surface area contributed by atoms with Crippen LogP contribution in [-0.2, 0) is 7.05 Å². The van der Waals surface area contributed by atoms with Gasteiger partial charge in [0.25, 0.3) is 0 Å². The van der Waals surface area contributed by atoms with Crippen molar-refractivity contribution in [3.8, 4) is 0 Å². The Morgan fingerprint density at radius 3 is 1.68 bits per heavy atom. The molecule has 0 fully saturated rings. The zero-order valence-electron chi connectivity index (χ0n) is 11.7. The molecule has 2 aliphatic rings. The van der Waals surface area contributed by atoms with E-state index in [2.05, 4.69) is 88.6 Å². The topological polar surface area (TPSA) is 16.8 Å². The predicted octanol–water partition coefficient (Wildman–Crippen LogP) is 0.872. The molecule has 1 aromatic rings. The highest BCUT2D eigenvalue weighted by Gasteiger charge is 2.18. The second-order valence-corrected chi connectivity index (χ2v) is 5.25. The van der Waals surface area contributed by atoms with E-state index in [1.54, 1.807) is 0 Å². The van der Waals surface area contributed by atoms with Crippen molar-refractivity contribution >= 4 is 11.4 Å². The van der Waals surface area contributed by atoms with Gasteiger partial charge in [0, 0.05) is 38.9 Å². The number of pyridine rings is 1. The van der Waals surface area contributed by atoms with Crippen LogP contribution in [0.1, 0.15) is 0 Å². The van der Waals surface area contributed by atoms with Crippen molar-refractivity contribution < 1.29 is 4.57 Å². The van der Waals surface area contributed by atoms with Crippen LogP contribution in [-0.4, -0.2) is 37.2 Å². The molecule has 0 saturated heterocycles.